The van der Waals surface area contributed by atoms with Crippen LogP contribution in [-0.2, 0) is 6.42 Å². The molecule has 2 aromatic rings. The van der Waals surface area contributed by atoms with E-state index < -0.39 is 0 Å². The summed E-state index contributed by atoms with van der Waals surface area (Å²) in [6.07, 6.45) is 4.51. The van der Waals surface area contributed by atoms with Gasteiger partial charge in [0.05, 0.1) is 0 Å². The molecule has 90 valence electrons. The summed E-state index contributed by atoms with van der Waals surface area (Å²) in [5.41, 5.74) is 2.59. The topological polar surface area (TPSA) is 40.7 Å². The van der Waals surface area contributed by atoms with Crippen molar-refractivity contribution in [3.8, 4) is 0 Å². The van der Waals surface area contributed by atoms with Crippen molar-refractivity contribution in [1.82, 2.24) is 15.3 Å². The van der Waals surface area contributed by atoms with Gasteiger partial charge in [-0.3, -0.25) is 0 Å². The Morgan fingerprint density at radius 3 is 2.94 bits per heavy atom. The number of benzene rings is 1. The third-order valence-corrected chi connectivity index (χ3v) is 3.41. The van der Waals surface area contributed by atoms with Gasteiger partial charge in [-0.05, 0) is 37.2 Å². The normalized spacial score (nSPS) is 12.6. The number of aromatic nitrogens is 2. The van der Waals surface area contributed by atoms with Gasteiger partial charge in [0.2, 0.25) is 0 Å². The van der Waals surface area contributed by atoms with Crippen molar-refractivity contribution < 1.29 is 0 Å². The van der Waals surface area contributed by atoms with E-state index in [1.165, 1.54) is 11.1 Å². The molecular weight excluding hydrogens is 278 g/mol. The lowest BCUT2D eigenvalue weighted by Gasteiger charge is -2.18. The first kappa shape index (κ1) is 12.3. The minimum atomic E-state index is 0.277. The Balaban J connectivity index is 2.25. The van der Waals surface area contributed by atoms with Crippen LogP contribution in [0.4, 0.5) is 0 Å². The first-order valence-corrected chi connectivity index (χ1v) is 6.41. The van der Waals surface area contributed by atoms with Crippen LogP contribution in [-0.4, -0.2) is 17.0 Å². The molecular formula is C13H16BrN3. The number of imidazole rings is 1. The number of aryl methyl sites for hydroxylation is 1. The Bertz CT molecular complexity index is 479. The zero-order valence-corrected chi connectivity index (χ0v) is 11.6. The molecule has 4 heteroatoms. The number of nitrogens with one attached hydrogen (secondary N) is 2. The maximum atomic E-state index is 4.27. The van der Waals surface area contributed by atoms with Gasteiger partial charge in [0.1, 0.15) is 5.82 Å². The van der Waals surface area contributed by atoms with Crippen LogP contribution in [0.15, 0.2) is 35.1 Å². The van der Waals surface area contributed by atoms with Crippen LogP contribution in [0, 0.1) is 6.92 Å². The van der Waals surface area contributed by atoms with E-state index in [9.17, 15) is 0 Å². The molecule has 0 spiro atoms. The van der Waals surface area contributed by atoms with Crippen LogP contribution >= 0.6 is 15.9 Å². The minimum Gasteiger partial charge on any atom is -0.349 e. The van der Waals surface area contributed by atoms with E-state index in [0.29, 0.717) is 0 Å². The summed E-state index contributed by atoms with van der Waals surface area (Å²) in [5.74, 6) is 1.00. The standard InChI is InChI=1S/C13H16BrN3/c1-9-3-4-10(14)7-11(9)12(15-2)8-13-16-5-6-17-13/h3-7,12,15H,8H2,1-2H3,(H,16,17). The highest BCUT2D eigenvalue weighted by Crippen LogP contribution is 2.24. The molecule has 1 aromatic heterocycles. The number of hydrogen-bond acceptors (Lipinski definition) is 2. The van der Waals surface area contributed by atoms with Crippen molar-refractivity contribution in [2.45, 2.75) is 19.4 Å². The van der Waals surface area contributed by atoms with Gasteiger partial charge in [0, 0.05) is 29.3 Å². The number of aromatic amines is 1. The molecule has 2 N–H and O–H groups in total. The monoisotopic (exact) mass is 293 g/mol. The Morgan fingerprint density at radius 2 is 2.29 bits per heavy atom. The zero-order chi connectivity index (χ0) is 12.3. The Morgan fingerprint density at radius 1 is 1.47 bits per heavy atom. The Hall–Kier alpha value is -1.13. The second-order valence-electron chi connectivity index (χ2n) is 4.08. The number of H-pyrrole nitrogens is 1. The number of halogens is 1. The first-order chi connectivity index (χ1) is 8.20. The van der Waals surface area contributed by atoms with E-state index in [1.54, 1.807) is 6.20 Å². The van der Waals surface area contributed by atoms with Gasteiger partial charge in [-0.2, -0.15) is 0 Å². The fraction of sp³-hybridized carbons (Fsp3) is 0.308. The summed E-state index contributed by atoms with van der Waals surface area (Å²) in [4.78, 5) is 7.42. The number of nitrogens with zero attached hydrogens (tertiary/aromatic N) is 1. The summed E-state index contributed by atoms with van der Waals surface area (Å²) in [6.45, 7) is 2.13. The molecule has 0 aliphatic heterocycles. The maximum absolute atomic E-state index is 4.27. The number of likely N-dealkylation sites (N-methyl/N-ethyl adjacent to an activating group) is 1. The molecule has 0 fully saturated rings. The first-order valence-electron chi connectivity index (χ1n) is 5.62. The average molecular weight is 294 g/mol. The fourth-order valence-electron chi connectivity index (χ4n) is 1.96. The average Bonchev–Trinajstić information content (AvgIpc) is 2.82. The molecule has 0 amide bonds. The predicted molar refractivity (Wildman–Crippen MR) is 73.0 cm³/mol. The molecule has 2 rings (SSSR count). The van der Waals surface area contributed by atoms with Gasteiger partial charge in [0.15, 0.2) is 0 Å². The largest absolute Gasteiger partial charge is 0.349 e. The zero-order valence-electron chi connectivity index (χ0n) is 10.00. The van der Waals surface area contributed by atoms with E-state index in [-0.39, 0.29) is 6.04 Å². The Kier molecular flexibility index (Phi) is 3.97. The van der Waals surface area contributed by atoms with Gasteiger partial charge in [-0.1, -0.05) is 22.0 Å². The molecule has 0 saturated heterocycles. The van der Waals surface area contributed by atoms with Crippen molar-refractivity contribution in [2.75, 3.05) is 7.05 Å². The summed E-state index contributed by atoms with van der Waals surface area (Å²) in [7, 11) is 1.98. The van der Waals surface area contributed by atoms with Gasteiger partial charge < -0.3 is 10.3 Å². The predicted octanol–water partition coefficient (Wildman–Crippen LogP) is 2.98. The van der Waals surface area contributed by atoms with E-state index in [0.717, 1.165) is 16.7 Å². The van der Waals surface area contributed by atoms with Crippen LogP contribution in [0.2, 0.25) is 0 Å². The highest BCUT2D eigenvalue weighted by Gasteiger charge is 2.14. The molecule has 17 heavy (non-hydrogen) atoms. The number of rotatable bonds is 4. The second kappa shape index (κ2) is 5.47. The summed E-state index contributed by atoms with van der Waals surface area (Å²) < 4.78 is 1.11. The highest BCUT2D eigenvalue weighted by molar-refractivity contribution is 9.10. The van der Waals surface area contributed by atoms with Crippen molar-refractivity contribution >= 4 is 15.9 Å². The van der Waals surface area contributed by atoms with Crippen LogP contribution in [0.25, 0.3) is 0 Å². The molecule has 1 heterocycles. The maximum Gasteiger partial charge on any atom is 0.107 e. The van der Waals surface area contributed by atoms with E-state index in [1.807, 2.05) is 13.2 Å². The van der Waals surface area contributed by atoms with Crippen LogP contribution in [0.1, 0.15) is 23.0 Å². The third kappa shape index (κ3) is 2.96. The van der Waals surface area contributed by atoms with Crippen molar-refractivity contribution in [3.05, 3.63) is 52.0 Å². The van der Waals surface area contributed by atoms with E-state index >= 15 is 0 Å². The molecule has 0 aliphatic rings. The molecule has 3 nitrogen and oxygen atoms in total. The lowest BCUT2D eigenvalue weighted by Crippen LogP contribution is -2.20. The highest BCUT2D eigenvalue weighted by atomic mass is 79.9. The SMILES string of the molecule is CNC(Cc1ncc[nH]1)c1cc(Br)ccc1C. The van der Waals surface area contributed by atoms with Gasteiger partial charge in [0.25, 0.3) is 0 Å². The quantitative estimate of drug-likeness (QED) is 0.910. The number of hydrogen-bond donors (Lipinski definition) is 2. The van der Waals surface area contributed by atoms with E-state index in [4.69, 9.17) is 0 Å². The molecule has 1 atom stereocenters. The molecule has 0 radical (unpaired) electrons. The smallest absolute Gasteiger partial charge is 0.107 e. The molecule has 0 aliphatic carbocycles. The van der Waals surface area contributed by atoms with Crippen molar-refractivity contribution in [1.29, 1.82) is 0 Å². The van der Waals surface area contributed by atoms with Gasteiger partial charge in [-0.25, -0.2) is 4.98 Å². The summed E-state index contributed by atoms with van der Waals surface area (Å²) in [6, 6.07) is 6.64. The van der Waals surface area contributed by atoms with Crippen LogP contribution in [0.3, 0.4) is 0 Å². The Labute approximate surface area is 110 Å². The lowest BCUT2D eigenvalue weighted by atomic mass is 9.99. The van der Waals surface area contributed by atoms with Crippen molar-refractivity contribution in [2.24, 2.45) is 0 Å². The van der Waals surface area contributed by atoms with E-state index in [2.05, 4.69) is 56.3 Å². The minimum absolute atomic E-state index is 0.277. The van der Waals surface area contributed by atoms with Gasteiger partial charge in [-0.15, -0.1) is 0 Å². The van der Waals surface area contributed by atoms with Crippen LogP contribution in [0.5, 0.6) is 0 Å². The van der Waals surface area contributed by atoms with Crippen molar-refractivity contribution in [3.63, 3.8) is 0 Å². The van der Waals surface area contributed by atoms with Gasteiger partial charge >= 0.3 is 0 Å². The second-order valence-corrected chi connectivity index (χ2v) is 5.00. The fourth-order valence-corrected chi connectivity index (χ4v) is 2.34. The molecule has 0 bridgehead atoms. The summed E-state index contributed by atoms with van der Waals surface area (Å²) in [5, 5.41) is 3.34. The molecule has 1 unspecified atom stereocenters. The molecule has 0 saturated carbocycles. The van der Waals surface area contributed by atoms with Crippen LogP contribution < -0.4 is 5.32 Å². The third-order valence-electron chi connectivity index (χ3n) is 2.92. The summed E-state index contributed by atoms with van der Waals surface area (Å²) >= 11 is 3.52. The lowest BCUT2D eigenvalue weighted by molar-refractivity contribution is 0.575. The molecule has 1 aromatic carbocycles.